The van der Waals surface area contributed by atoms with E-state index in [4.69, 9.17) is 16.3 Å². The van der Waals surface area contributed by atoms with Crippen LogP contribution in [0.1, 0.15) is 24.8 Å². The largest absolute Gasteiger partial charge is 0.469 e. The molecule has 0 bridgehead atoms. The van der Waals surface area contributed by atoms with E-state index < -0.39 is 0 Å². The van der Waals surface area contributed by atoms with Crippen LogP contribution in [0.5, 0.6) is 0 Å². The van der Waals surface area contributed by atoms with Crippen LogP contribution in [0.4, 0.5) is 0 Å². The maximum atomic E-state index is 11.7. The maximum absolute atomic E-state index is 11.7. The summed E-state index contributed by atoms with van der Waals surface area (Å²) in [6.07, 6.45) is 2.55. The van der Waals surface area contributed by atoms with Crippen molar-refractivity contribution in [1.82, 2.24) is 4.98 Å². The highest BCUT2D eigenvalue weighted by Crippen LogP contribution is 2.30. The molecule has 0 saturated heterocycles. The number of nitrogens with one attached hydrogen (secondary N) is 1. The number of halogens is 1. The van der Waals surface area contributed by atoms with Crippen LogP contribution in [0.15, 0.2) is 24.4 Å². The molecule has 1 heterocycles. The van der Waals surface area contributed by atoms with Gasteiger partial charge in [-0.05, 0) is 30.2 Å². The van der Waals surface area contributed by atoms with Gasteiger partial charge in [0.15, 0.2) is 0 Å². The molecule has 0 aliphatic heterocycles. The number of carbonyl (C=O) groups is 1. The normalized spacial score (nSPS) is 12.6. The number of esters is 1. The van der Waals surface area contributed by atoms with Gasteiger partial charge < -0.3 is 9.72 Å². The molecule has 0 saturated carbocycles. The van der Waals surface area contributed by atoms with Crippen LogP contribution in [-0.2, 0) is 9.53 Å². The Morgan fingerprint density at radius 2 is 2.29 bits per heavy atom. The molecule has 0 aliphatic rings. The number of benzene rings is 1. The van der Waals surface area contributed by atoms with E-state index in [1.165, 1.54) is 7.11 Å². The number of H-pyrrole nitrogens is 1. The number of ether oxygens (including phenoxy) is 1. The Hall–Kier alpha value is -1.48. The molecule has 2 aromatic rings. The van der Waals surface area contributed by atoms with Crippen molar-refractivity contribution in [3.8, 4) is 0 Å². The minimum Gasteiger partial charge on any atom is -0.469 e. The van der Waals surface area contributed by atoms with Crippen LogP contribution in [-0.4, -0.2) is 18.1 Å². The van der Waals surface area contributed by atoms with Gasteiger partial charge in [-0.1, -0.05) is 18.5 Å². The number of aromatic nitrogens is 1. The van der Waals surface area contributed by atoms with Crippen LogP contribution in [0.2, 0.25) is 5.02 Å². The first-order chi connectivity index (χ1) is 8.17. The van der Waals surface area contributed by atoms with Crippen LogP contribution < -0.4 is 0 Å². The minimum atomic E-state index is -0.243. The molecule has 0 aliphatic carbocycles. The zero-order valence-corrected chi connectivity index (χ0v) is 10.5. The summed E-state index contributed by atoms with van der Waals surface area (Å²) in [4.78, 5) is 14.8. The number of hydrogen-bond donors (Lipinski definition) is 1. The molecular formula is C13H14ClNO2. The fourth-order valence-corrected chi connectivity index (χ4v) is 2.23. The first-order valence-corrected chi connectivity index (χ1v) is 5.89. The van der Waals surface area contributed by atoms with Crippen molar-refractivity contribution >= 4 is 28.5 Å². The molecule has 17 heavy (non-hydrogen) atoms. The molecule has 90 valence electrons. The Labute approximate surface area is 105 Å². The average Bonchev–Trinajstić information content (AvgIpc) is 2.73. The first-order valence-electron chi connectivity index (χ1n) is 5.51. The van der Waals surface area contributed by atoms with E-state index in [1.807, 2.05) is 31.3 Å². The van der Waals surface area contributed by atoms with Crippen molar-refractivity contribution in [2.75, 3.05) is 7.11 Å². The fourth-order valence-electron chi connectivity index (χ4n) is 2.06. The summed E-state index contributed by atoms with van der Waals surface area (Å²) in [5.74, 6) is -0.458. The number of methoxy groups -OCH3 is 1. The van der Waals surface area contributed by atoms with E-state index in [2.05, 4.69) is 4.98 Å². The lowest BCUT2D eigenvalue weighted by Crippen LogP contribution is -2.12. The van der Waals surface area contributed by atoms with Crippen molar-refractivity contribution in [1.29, 1.82) is 0 Å². The fraction of sp³-hybridized carbons (Fsp3) is 0.308. The first kappa shape index (κ1) is 12.0. The third-order valence-electron chi connectivity index (χ3n) is 2.95. The molecule has 1 aromatic carbocycles. The summed E-state index contributed by atoms with van der Waals surface area (Å²) >= 11 is 5.98. The number of rotatable bonds is 3. The summed E-state index contributed by atoms with van der Waals surface area (Å²) < 4.78 is 4.82. The summed E-state index contributed by atoms with van der Waals surface area (Å²) in [6.45, 7) is 1.96. The smallest absolute Gasteiger partial charge is 0.313 e. The van der Waals surface area contributed by atoms with Crippen LogP contribution in [0.25, 0.3) is 10.9 Å². The van der Waals surface area contributed by atoms with Gasteiger partial charge in [0.05, 0.1) is 13.0 Å². The lowest BCUT2D eigenvalue weighted by molar-refractivity contribution is -0.142. The summed E-state index contributed by atoms with van der Waals surface area (Å²) in [5, 5.41) is 1.65. The Morgan fingerprint density at radius 3 is 2.94 bits per heavy atom. The molecule has 1 aromatic heterocycles. The second-order valence-electron chi connectivity index (χ2n) is 3.92. The van der Waals surface area contributed by atoms with Crippen molar-refractivity contribution in [3.05, 3.63) is 35.0 Å². The van der Waals surface area contributed by atoms with Gasteiger partial charge in [0.2, 0.25) is 0 Å². The van der Waals surface area contributed by atoms with Crippen LogP contribution in [0, 0.1) is 0 Å². The average molecular weight is 252 g/mol. The molecule has 2 rings (SSSR count). The molecule has 0 radical (unpaired) electrons. The lowest BCUT2D eigenvalue weighted by atomic mass is 9.96. The molecule has 1 atom stereocenters. The Kier molecular flexibility index (Phi) is 3.38. The van der Waals surface area contributed by atoms with E-state index >= 15 is 0 Å². The van der Waals surface area contributed by atoms with Gasteiger partial charge >= 0.3 is 5.97 Å². The zero-order valence-electron chi connectivity index (χ0n) is 9.79. The van der Waals surface area contributed by atoms with E-state index in [1.54, 1.807) is 0 Å². The molecule has 3 nitrogen and oxygen atoms in total. The standard InChI is InChI=1S/C13H14ClNO2/c1-3-9(13(16)17-2)11-7-15-12-5-4-8(14)6-10(11)12/h4-7,9,15H,3H2,1-2H3. The van der Waals surface area contributed by atoms with E-state index in [0.29, 0.717) is 11.4 Å². The molecule has 1 N–H and O–H groups in total. The Balaban J connectivity index is 2.53. The van der Waals surface area contributed by atoms with E-state index in [0.717, 1.165) is 16.5 Å². The highest BCUT2D eigenvalue weighted by atomic mass is 35.5. The third-order valence-corrected chi connectivity index (χ3v) is 3.18. The number of aromatic amines is 1. The molecule has 1 unspecified atom stereocenters. The van der Waals surface area contributed by atoms with Crippen molar-refractivity contribution in [2.45, 2.75) is 19.3 Å². The lowest BCUT2D eigenvalue weighted by Gasteiger charge is -2.11. The molecule has 0 spiro atoms. The monoisotopic (exact) mass is 251 g/mol. The zero-order chi connectivity index (χ0) is 12.4. The van der Waals surface area contributed by atoms with Crippen LogP contribution in [0.3, 0.4) is 0 Å². The van der Waals surface area contributed by atoms with Gasteiger partial charge in [0.25, 0.3) is 0 Å². The second-order valence-corrected chi connectivity index (χ2v) is 4.35. The number of carbonyl (C=O) groups excluding carboxylic acids is 1. The maximum Gasteiger partial charge on any atom is 0.313 e. The van der Waals surface area contributed by atoms with Crippen LogP contribution >= 0.6 is 11.6 Å². The van der Waals surface area contributed by atoms with Gasteiger partial charge in [-0.3, -0.25) is 4.79 Å². The predicted molar refractivity (Wildman–Crippen MR) is 68.4 cm³/mol. The summed E-state index contributed by atoms with van der Waals surface area (Å²) in [7, 11) is 1.41. The molecule has 0 fully saturated rings. The quantitative estimate of drug-likeness (QED) is 0.849. The molecular weight excluding hydrogens is 238 g/mol. The minimum absolute atomic E-state index is 0.214. The molecule has 0 amide bonds. The van der Waals surface area contributed by atoms with E-state index in [-0.39, 0.29) is 11.9 Å². The summed E-state index contributed by atoms with van der Waals surface area (Å²) in [6, 6.07) is 5.60. The predicted octanol–water partition coefficient (Wildman–Crippen LogP) is 3.49. The topological polar surface area (TPSA) is 42.1 Å². The molecule has 4 heteroatoms. The SMILES string of the molecule is CCC(C(=O)OC)c1c[nH]c2ccc(Cl)cc12. The number of fused-ring (bicyclic) bond motifs is 1. The van der Waals surface area contributed by atoms with Crippen molar-refractivity contribution in [2.24, 2.45) is 0 Å². The highest BCUT2D eigenvalue weighted by molar-refractivity contribution is 6.31. The Morgan fingerprint density at radius 1 is 1.53 bits per heavy atom. The second kappa shape index (κ2) is 4.80. The Bertz CT molecular complexity index is 547. The van der Waals surface area contributed by atoms with E-state index in [9.17, 15) is 4.79 Å². The number of hydrogen-bond acceptors (Lipinski definition) is 2. The van der Waals surface area contributed by atoms with Crippen molar-refractivity contribution < 1.29 is 9.53 Å². The third kappa shape index (κ3) is 2.15. The highest BCUT2D eigenvalue weighted by Gasteiger charge is 2.22. The van der Waals surface area contributed by atoms with Gasteiger partial charge in [-0.15, -0.1) is 0 Å². The van der Waals surface area contributed by atoms with Gasteiger partial charge in [-0.2, -0.15) is 0 Å². The van der Waals surface area contributed by atoms with Crippen molar-refractivity contribution in [3.63, 3.8) is 0 Å². The van der Waals surface area contributed by atoms with Gasteiger partial charge in [0, 0.05) is 22.1 Å². The van der Waals surface area contributed by atoms with Gasteiger partial charge in [-0.25, -0.2) is 0 Å². The summed E-state index contributed by atoms with van der Waals surface area (Å²) in [5.41, 5.74) is 1.92. The van der Waals surface area contributed by atoms with Gasteiger partial charge in [0.1, 0.15) is 0 Å².